The normalized spacial score (nSPS) is 15.1. The van der Waals surface area contributed by atoms with Crippen molar-refractivity contribution in [3.05, 3.63) is 18.2 Å². The molecule has 1 aromatic carbocycles. The van der Waals surface area contributed by atoms with Gasteiger partial charge in [-0.05, 0) is 25.0 Å². The number of rotatable bonds is 10. The molecule has 1 saturated carbocycles. The van der Waals surface area contributed by atoms with Gasteiger partial charge in [0, 0.05) is 30.7 Å². The minimum Gasteiger partial charge on any atom is -0.493 e. The second-order valence-corrected chi connectivity index (χ2v) is 9.86. The number of benzene rings is 1. The lowest BCUT2D eigenvalue weighted by atomic mass is 10.3. The molecular formula is C18H28N2O5S2. The maximum atomic E-state index is 12.7. The molecule has 0 bridgehead atoms. The standard InChI is InChI=1S/C18H28N2O5S2/c1-20(13-18(21)19-10-11-26-14-6-4-5-7-14)27(22,23)15-8-9-16(24-2)17(12-15)25-3/h8-9,12,14H,4-7,10-11,13H2,1-3H3,(H,19,21). The first-order valence-corrected chi connectivity index (χ1v) is 11.4. The van der Waals surface area contributed by atoms with Crippen molar-refractivity contribution in [1.82, 2.24) is 9.62 Å². The van der Waals surface area contributed by atoms with Crippen LogP contribution in [0, 0.1) is 0 Å². The van der Waals surface area contributed by atoms with Crippen molar-refractivity contribution in [1.29, 1.82) is 0 Å². The van der Waals surface area contributed by atoms with Gasteiger partial charge in [-0.25, -0.2) is 8.42 Å². The van der Waals surface area contributed by atoms with Crippen molar-refractivity contribution >= 4 is 27.7 Å². The van der Waals surface area contributed by atoms with Gasteiger partial charge < -0.3 is 14.8 Å². The molecule has 1 aliphatic rings. The number of carbonyl (C=O) groups excluding carboxylic acids is 1. The van der Waals surface area contributed by atoms with Crippen LogP contribution in [0.4, 0.5) is 0 Å². The van der Waals surface area contributed by atoms with Crippen LogP contribution in [0.15, 0.2) is 23.1 Å². The molecule has 1 aromatic rings. The van der Waals surface area contributed by atoms with E-state index in [1.807, 2.05) is 11.8 Å². The number of likely N-dealkylation sites (N-methyl/N-ethyl adjacent to an activating group) is 1. The number of nitrogens with zero attached hydrogens (tertiary/aromatic N) is 1. The summed E-state index contributed by atoms with van der Waals surface area (Å²) in [4.78, 5) is 12.1. The van der Waals surface area contributed by atoms with Crippen molar-refractivity contribution in [2.24, 2.45) is 0 Å². The van der Waals surface area contributed by atoms with Gasteiger partial charge in [0.25, 0.3) is 0 Å². The van der Waals surface area contributed by atoms with Crippen LogP contribution in [-0.2, 0) is 14.8 Å². The average Bonchev–Trinajstić information content (AvgIpc) is 3.18. The Balaban J connectivity index is 1.87. The van der Waals surface area contributed by atoms with E-state index in [0.717, 1.165) is 10.1 Å². The summed E-state index contributed by atoms with van der Waals surface area (Å²) >= 11 is 1.88. The number of thioether (sulfide) groups is 1. The van der Waals surface area contributed by atoms with Crippen LogP contribution < -0.4 is 14.8 Å². The van der Waals surface area contributed by atoms with Crippen LogP contribution in [0.25, 0.3) is 0 Å². The van der Waals surface area contributed by atoms with Gasteiger partial charge in [0.1, 0.15) is 0 Å². The Morgan fingerprint density at radius 2 is 1.89 bits per heavy atom. The van der Waals surface area contributed by atoms with E-state index in [9.17, 15) is 13.2 Å². The quantitative estimate of drug-likeness (QED) is 0.588. The third-order valence-corrected chi connectivity index (χ3v) is 7.69. The third-order valence-electron chi connectivity index (χ3n) is 4.51. The lowest BCUT2D eigenvalue weighted by molar-refractivity contribution is -0.121. The van der Waals surface area contributed by atoms with Crippen LogP contribution in [-0.4, -0.2) is 64.0 Å². The number of amides is 1. The van der Waals surface area contributed by atoms with Gasteiger partial charge in [-0.2, -0.15) is 16.1 Å². The Morgan fingerprint density at radius 1 is 1.22 bits per heavy atom. The summed E-state index contributed by atoms with van der Waals surface area (Å²) in [6.45, 7) is 0.315. The summed E-state index contributed by atoms with van der Waals surface area (Å²) in [5.74, 6) is 1.30. The summed E-state index contributed by atoms with van der Waals surface area (Å²) in [6, 6.07) is 4.35. The van der Waals surface area contributed by atoms with Gasteiger partial charge >= 0.3 is 0 Å². The second kappa shape index (κ2) is 10.2. The van der Waals surface area contributed by atoms with E-state index in [1.54, 1.807) is 0 Å². The first kappa shape index (κ1) is 21.8. The maximum Gasteiger partial charge on any atom is 0.243 e. The van der Waals surface area contributed by atoms with E-state index in [1.165, 1.54) is 65.1 Å². The molecule has 0 aliphatic heterocycles. The molecule has 1 amide bonds. The summed E-state index contributed by atoms with van der Waals surface area (Å²) in [5.41, 5.74) is 0. The first-order chi connectivity index (χ1) is 12.9. The topological polar surface area (TPSA) is 84.9 Å². The molecule has 7 nitrogen and oxygen atoms in total. The minimum absolute atomic E-state index is 0.0484. The molecule has 1 aliphatic carbocycles. The highest BCUT2D eigenvalue weighted by atomic mass is 32.2. The van der Waals surface area contributed by atoms with E-state index in [4.69, 9.17) is 9.47 Å². The monoisotopic (exact) mass is 416 g/mol. The van der Waals surface area contributed by atoms with Crippen molar-refractivity contribution in [3.8, 4) is 11.5 Å². The number of ether oxygens (including phenoxy) is 2. The average molecular weight is 417 g/mol. The fourth-order valence-electron chi connectivity index (χ4n) is 2.97. The largest absolute Gasteiger partial charge is 0.493 e. The minimum atomic E-state index is -3.80. The van der Waals surface area contributed by atoms with E-state index >= 15 is 0 Å². The Hall–Kier alpha value is -1.45. The van der Waals surface area contributed by atoms with Gasteiger partial charge in [0.2, 0.25) is 15.9 Å². The van der Waals surface area contributed by atoms with E-state index in [-0.39, 0.29) is 17.3 Å². The lowest BCUT2D eigenvalue weighted by Crippen LogP contribution is -2.39. The molecule has 0 radical (unpaired) electrons. The van der Waals surface area contributed by atoms with Gasteiger partial charge in [-0.15, -0.1) is 0 Å². The Bertz CT molecular complexity index is 733. The fraction of sp³-hybridized carbons (Fsp3) is 0.611. The van der Waals surface area contributed by atoms with Crippen LogP contribution in [0.1, 0.15) is 25.7 Å². The van der Waals surface area contributed by atoms with Gasteiger partial charge in [0.15, 0.2) is 11.5 Å². The zero-order valence-corrected chi connectivity index (χ0v) is 17.7. The summed E-state index contributed by atoms with van der Waals surface area (Å²) in [6.07, 6.45) is 5.10. The molecule has 0 spiro atoms. The highest BCUT2D eigenvalue weighted by Gasteiger charge is 2.24. The molecule has 0 unspecified atom stereocenters. The van der Waals surface area contributed by atoms with Crippen molar-refractivity contribution < 1.29 is 22.7 Å². The maximum absolute atomic E-state index is 12.7. The zero-order chi connectivity index (χ0) is 19.9. The van der Waals surface area contributed by atoms with Crippen LogP contribution in [0.3, 0.4) is 0 Å². The molecule has 27 heavy (non-hydrogen) atoms. The lowest BCUT2D eigenvalue weighted by Gasteiger charge is -2.18. The van der Waals surface area contributed by atoms with Gasteiger partial charge in [0.05, 0.1) is 25.7 Å². The predicted molar refractivity (Wildman–Crippen MR) is 107 cm³/mol. The molecule has 1 fully saturated rings. The number of methoxy groups -OCH3 is 2. The summed E-state index contributed by atoms with van der Waals surface area (Å²) < 4.78 is 36.7. The number of sulfonamides is 1. The smallest absolute Gasteiger partial charge is 0.243 e. The van der Waals surface area contributed by atoms with Crippen molar-refractivity contribution in [2.45, 2.75) is 35.8 Å². The predicted octanol–water partition coefficient (Wildman–Crippen LogP) is 2.12. The molecular weight excluding hydrogens is 388 g/mol. The number of carbonyl (C=O) groups is 1. The van der Waals surface area contributed by atoms with Crippen molar-refractivity contribution in [3.63, 3.8) is 0 Å². The molecule has 152 valence electrons. The van der Waals surface area contributed by atoms with Crippen LogP contribution in [0.2, 0.25) is 0 Å². The third kappa shape index (κ3) is 6.02. The van der Waals surface area contributed by atoms with Gasteiger partial charge in [-0.1, -0.05) is 12.8 Å². The molecule has 9 heteroatoms. The molecule has 0 heterocycles. The zero-order valence-electron chi connectivity index (χ0n) is 16.1. The van der Waals surface area contributed by atoms with E-state index in [2.05, 4.69) is 5.32 Å². The molecule has 0 aromatic heterocycles. The summed E-state index contributed by atoms with van der Waals surface area (Å²) in [5, 5.41) is 3.50. The van der Waals surface area contributed by atoms with Crippen LogP contribution in [0.5, 0.6) is 11.5 Å². The first-order valence-electron chi connectivity index (χ1n) is 8.95. The highest BCUT2D eigenvalue weighted by molar-refractivity contribution is 7.99. The molecule has 2 rings (SSSR count). The Kier molecular flexibility index (Phi) is 8.25. The number of hydrogen-bond acceptors (Lipinski definition) is 6. The van der Waals surface area contributed by atoms with Crippen molar-refractivity contribution in [2.75, 3.05) is 40.1 Å². The summed E-state index contributed by atoms with van der Waals surface area (Å²) in [7, 11) is 0.503. The Labute approximate surface area is 165 Å². The molecule has 1 N–H and O–H groups in total. The molecule has 0 saturated heterocycles. The fourth-order valence-corrected chi connectivity index (χ4v) is 5.33. The second-order valence-electron chi connectivity index (χ2n) is 6.41. The van der Waals surface area contributed by atoms with E-state index in [0.29, 0.717) is 23.3 Å². The number of hydrogen-bond donors (Lipinski definition) is 1. The number of nitrogens with one attached hydrogen (secondary N) is 1. The van der Waals surface area contributed by atoms with Crippen LogP contribution >= 0.6 is 11.8 Å². The highest BCUT2D eigenvalue weighted by Crippen LogP contribution is 2.30. The van der Waals surface area contributed by atoms with Gasteiger partial charge in [-0.3, -0.25) is 4.79 Å². The Morgan fingerprint density at radius 3 is 2.52 bits per heavy atom. The SMILES string of the molecule is COc1ccc(S(=O)(=O)N(C)CC(=O)NCCSC2CCCC2)cc1OC. The molecule has 0 atom stereocenters. The van der Waals surface area contributed by atoms with E-state index < -0.39 is 10.0 Å².